The predicted octanol–water partition coefficient (Wildman–Crippen LogP) is 2.39. The van der Waals surface area contributed by atoms with Crippen molar-refractivity contribution in [2.75, 3.05) is 33.2 Å². The number of hydrogen-bond donors (Lipinski definition) is 1. The molecule has 1 N–H and O–H groups in total. The molecule has 1 unspecified atom stereocenters. The molecule has 8 nitrogen and oxygen atoms in total. The smallest absolute Gasteiger partial charge is 0.243 e. The number of nitrogens with one attached hydrogen (secondary N) is 1. The van der Waals surface area contributed by atoms with Crippen molar-refractivity contribution in [2.45, 2.75) is 36.6 Å². The van der Waals surface area contributed by atoms with Crippen molar-refractivity contribution < 1.29 is 8.42 Å². The fraction of sp³-hybridized carbons (Fsp3) is 0.524. The summed E-state index contributed by atoms with van der Waals surface area (Å²) < 4.78 is 28.7. The summed E-state index contributed by atoms with van der Waals surface area (Å²) in [4.78, 5) is 7.08. The molecule has 0 saturated carbocycles. The van der Waals surface area contributed by atoms with Gasteiger partial charge < -0.3 is 10.2 Å². The lowest BCUT2D eigenvalue weighted by molar-refractivity contribution is 0.477. The minimum Gasteiger partial charge on any atom is -0.352 e. The van der Waals surface area contributed by atoms with E-state index in [1.165, 1.54) is 5.56 Å². The van der Waals surface area contributed by atoms with Crippen LogP contribution in [0.4, 0.5) is 0 Å². The Kier molecular flexibility index (Phi) is 7.98. The summed E-state index contributed by atoms with van der Waals surface area (Å²) in [5.74, 6) is 1.34. The minimum absolute atomic E-state index is 0. The summed E-state index contributed by atoms with van der Waals surface area (Å²) in [6, 6.07) is 7.18. The van der Waals surface area contributed by atoms with Gasteiger partial charge >= 0.3 is 0 Å². The topological polar surface area (TPSA) is 82.8 Å². The normalized spacial score (nSPS) is 20.1. The van der Waals surface area contributed by atoms with E-state index >= 15 is 0 Å². The van der Waals surface area contributed by atoms with Crippen molar-refractivity contribution in [2.24, 2.45) is 12.0 Å². The van der Waals surface area contributed by atoms with E-state index in [1.54, 1.807) is 23.5 Å². The summed E-state index contributed by atoms with van der Waals surface area (Å²) in [6.45, 7) is 3.71. The fourth-order valence-electron chi connectivity index (χ4n) is 4.25. The highest BCUT2D eigenvalue weighted by Gasteiger charge is 2.28. The Hall–Kier alpha value is -1.66. The molecule has 1 aromatic carbocycles. The summed E-state index contributed by atoms with van der Waals surface area (Å²) in [5.41, 5.74) is 2.30. The van der Waals surface area contributed by atoms with E-state index in [-0.39, 0.29) is 24.0 Å². The third kappa shape index (κ3) is 5.40. The Labute approximate surface area is 201 Å². The number of nitrogens with zero attached hydrogens (tertiary/aromatic N) is 5. The van der Waals surface area contributed by atoms with Crippen molar-refractivity contribution in [3.05, 3.63) is 47.8 Å². The van der Waals surface area contributed by atoms with E-state index in [1.807, 2.05) is 30.1 Å². The standard InChI is InChI=1S/C21H30N6O2S.HI/c1-22-21(26-12-9-18(16-26)19-14-24-25(2)15-19)23-13-17-5-7-20(8-6-17)30(28,29)27-10-3-4-11-27;/h5-8,14-15,18H,3-4,9-13,16H2,1-2H3,(H,22,23);1H. The molecule has 0 aliphatic carbocycles. The van der Waals surface area contributed by atoms with Gasteiger partial charge in [0, 0.05) is 58.9 Å². The first-order valence-corrected chi connectivity index (χ1v) is 11.9. The van der Waals surface area contributed by atoms with Gasteiger partial charge in [-0.25, -0.2) is 8.42 Å². The van der Waals surface area contributed by atoms with E-state index in [0.717, 1.165) is 43.9 Å². The van der Waals surface area contributed by atoms with Crippen molar-refractivity contribution in [3.8, 4) is 0 Å². The molecule has 0 bridgehead atoms. The molecule has 2 aliphatic rings. The summed E-state index contributed by atoms with van der Waals surface area (Å²) >= 11 is 0. The molecule has 0 radical (unpaired) electrons. The third-order valence-corrected chi connectivity index (χ3v) is 7.89. The Balaban J connectivity index is 0.00000272. The van der Waals surface area contributed by atoms with Gasteiger partial charge in [-0.05, 0) is 42.5 Å². The van der Waals surface area contributed by atoms with Crippen LogP contribution in [0, 0.1) is 0 Å². The van der Waals surface area contributed by atoms with E-state index in [2.05, 4.69) is 26.5 Å². The van der Waals surface area contributed by atoms with Crippen LogP contribution in [0.2, 0.25) is 0 Å². The van der Waals surface area contributed by atoms with Crippen LogP contribution in [-0.4, -0.2) is 66.6 Å². The predicted molar refractivity (Wildman–Crippen MR) is 132 cm³/mol. The van der Waals surface area contributed by atoms with Gasteiger partial charge in [0.1, 0.15) is 0 Å². The zero-order valence-electron chi connectivity index (χ0n) is 18.1. The molecule has 1 atom stereocenters. The molecule has 170 valence electrons. The molecule has 31 heavy (non-hydrogen) atoms. The number of benzene rings is 1. The fourth-order valence-corrected chi connectivity index (χ4v) is 5.76. The zero-order valence-corrected chi connectivity index (χ0v) is 21.2. The molecule has 10 heteroatoms. The molecule has 2 aromatic rings. The second-order valence-electron chi connectivity index (χ2n) is 8.03. The van der Waals surface area contributed by atoms with E-state index in [4.69, 9.17) is 0 Å². The number of sulfonamides is 1. The first-order valence-electron chi connectivity index (χ1n) is 10.5. The number of hydrogen-bond acceptors (Lipinski definition) is 4. The molecule has 1 aromatic heterocycles. The van der Waals surface area contributed by atoms with Crippen molar-refractivity contribution in [1.29, 1.82) is 0 Å². The number of aliphatic imine (C=N–C) groups is 1. The number of aromatic nitrogens is 2. The van der Waals surface area contributed by atoms with Gasteiger partial charge in [0.05, 0.1) is 11.1 Å². The highest BCUT2D eigenvalue weighted by atomic mass is 127. The first kappa shape index (κ1) is 24.0. The van der Waals surface area contributed by atoms with Gasteiger partial charge in [0.2, 0.25) is 10.0 Å². The van der Waals surface area contributed by atoms with Crippen LogP contribution < -0.4 is 5.32 Å². The molecule has 4 rings (SSSR count). The van der Waals surface area contributed by atoms with Gasteiger partial charge in [0.25, 0.3) is 0 Å². The summed E-state index contributed by atoms with van der Waals surface area (Å²) in [5, 5.41) is 7.70. The highest BCUT2D eigenvalue weighted by Crippen LogP contribution is 2.26. The molecule has 2 aliphatic heterocycles. The largest absolute Gasteiger partial charge is 0.352 e. The van der Waals surface area contributed by atoms with Gasteiger partial charge in [-0.3, -0.25) is 9.67 Å². The Morgan fingerprint density at radius 1 is 1.19 bits per heavy atom. The lowest BCUT2D eigenvalue weighted by Gasteiger charge is -2.22. The van der Waals surface area contributed by atoms with Gasteiger partial charge in [-0.15, -0.1) is 24.0 Å². The SMILES string of the molecule is CN=C(NCc1ccc(S(=O)(=O)N2CCCC2)cc1)N1CCC(c2cnn(C)c2)C1.I. The van der Waals surface area contributed by atoms with Gasteiger partial charge in [0.15, 0.2) is 5.96 Å². The second kappa shape index (κ2) is 10.3. The molecule has 2 saturated heterocycles. The molecule has 0 spiro atoms. The van der Waals surface area contributed by atoms with Crippen LogP contribution >= 0.6 is 24.0 Å². The number of aryl methyl sites for hydroxylation is 1. The van der Waals surface area contributed by atoms with E-state index < -0.39 is 10.0 Å². The van der Waals surface area contributed by atoms with Crippen LogP contribution in [0.5, 0.6) is 0 Å². The number of likely N-dealkylation sites (tertiary alicyclic amines) is 1. The third-order valence-electron chi connectivity index (χ3n) is 5.97. The summed E-state index contributed by atoms with van der Waals surface area (Å²) in [7, 11) is 0.379. The Morgan fingerprint density at radius 2 is 1.90 bits per heavy atom. The number of guanidine groups is 1. The maximum Gasteiger partial charge on any atom is 0.243 e. The zero-order chi connectivity index (χ0) is 21.1. The second-order valence-corrected chi connectivity index (χ2v) is 9.97. The quantitative estimate of drug-likeness (QED) is 0.346. The van der Waals surface area contributed by atoms with Crippen LogP contribution in [0.25, 0.3) is 0 Å². The molecular formula is C21H31IN6O2S. The highest BCUT2D eigenvalue weighted by molar-refractivity contribution is 14.0. The van der Waals surface area contributed by atoms with Crippen molar-refractivity contribution >= 4 is 40.0 Å². The van der Waals surface area contributed by atoms with Crippen LogP contribution in [0.3, 0.4) is 0 Å². The lowest BCUT2D eigenvalue weighted by atomic mass is 10.0. The Bertz CT molecular complexity index is 999. The van der Waals surface area contributed by atoms with Gasteiger partial charge in [-0.1, -0.05) is 12.1 Å². The maximum atomic E-state index is 12.7. The number of rotatable bonds is 5. The van der Waals surface area contributed by atoms with E-state index in [0.29, 0.717) is 30.4 Å². The summed E-state index contributed by atoms with van der Waals surface area (Å²) in [6.07, 6.45) is 7.00. The van der Waals surface area contributed by atoms with Crippen molar-refractivity contribution in [3.63, 3.8) is 0 Å². The molecular weight excluding hydrogens is 527 g/mol. The monoisotopic (exact) mass is 558 g/mol. The maximum absolute atomic E-state index is 12.7. The molecule has 2 fully saturated rings. The van der Waals surface area contributed by atoms with Crippen molar-refractivity contribution in [1.82, 2.24) is 24.3 Å². The average Bonchev–Trinajstić information content (AvgIpc) is 3.51. The molecule has 3 heterocycles. The van der Waals surface area contributed by atoms with Gasteiger partial charge in [-0.2, -0.15) is 9.40 Å². The Morgan fingerprint density at radius 3 is 2.52 bits per heavy atom. The first-order chi connectivity index (χ1) is 14.5. The minimum atomic E-state index is -3.36. The van der Waals surface area contributed by atoms with Crippen LogP contribution in [0.1, 0.15) is 36.3 Å². The van der Waals surface area contributed by atoms with Crippen LogP contribution in [0.15, 0.2) is 46.5 Å². The average molecular weight is 558 g/mol. The lowest BCUT2D eigenvalue weighted by Crippen LogP contribution is -2.39. The van der Waals surface area contributed by atoms with Crippen LogP contribution in [-0.2, 0) is 23.6 Å². The molecule has 0 amide bonds. The van der Waals surface area contributed by atoms with E-state index in [9.17, 15) is 8.42 Å². The number of halogens is 1.